The number of aliphatic imine (C=N–C) groups is 1. The summed E-state index contributed by atoms with van der Waals surface area (Å²) in [4.78, 5) is 28.1. The summed E-state index contributed by atoms with van der Waals surface area (Å²) in [7, 11) is 0. The molecule has 6 heteroatoms. The van der Waals surface area contributed by atoms with E-state index in [2.05, 4.69) is 10.1 Å². The highest BCUT2D eigenvalue weighted by Crippen LogP contribution is 2.18. The number of aromatic nitrogens is 2. The van der Waals surface area contributed by atoms with E-state index in [9.17, 15) is 14.7 Å². The maximum atomic E-state index is 12.6. The summed E-state index contributed by atoms with van der Waals surface area (Å²) >= 11 is 0. The number of aryl methyl sites for hydroxylation is 2. The van der Waals surface area contributed by atoms with Crippen molar-refractivity contribution < 1.29 is 9.90 Å². The Hall–Kier alpha value is -3.41. The molecule has 25 heavy (non-hydrogen) atoms. The van der Waals surface area contributed by atoms with E-state index in [4.69, 9.17) is 0 Å². The number of carboxylic acids is 1. The first-order chi connectivity index (χ1) is 12.0. The average molecular weight is 335 g/mol. The summed E-state index contributed by atoms with van der Waals surface area (Å²) in [5.74, 6) is -1.06. The Kier molecular flexibility index (Phi) is 4.35. The summed E-state index contributed by atoms with van der Waals surface area (Å²) in [5.41, 5.74) is 3.03. The first-order valence-electron chi connectivity index (χ1n) is 7.72. The number of nitrogens with zero attached hydrogens (tertiary/aromatic N) is 2. The lowest BCUT2D eigenvalue weighted by atomic mass is 10.2. The van der Waals surface area contributed by atoms with Gasteiger partial charge in [0, 0.05) is 11.9 Å². The number of hydrogen-bond donors (Lipinski definition) is 2. The predicted octanol–water partition coefficient (Wildman–Crippen LogP) is 3.23. The SMILES string of the molecule is Cc1ccc(-n2[nH]c(C)c(C=Nc3ccccc3C(=O)O)c2=O)cc1. The van der Waals surface area contributed by atoms with Gasteiger partial charge in [-0.15, -0.1) is 0 Å². The van der Waals surface area contributed by atoms with Crippen LogP contribution in [-0.2, 0) is 0 Å². The van der Waals surface area contributed by atoms with E-state index >= 15 is 0 Å². The van der Waals surface area contributed by atoms with Gasteiger partial charge in [0.15, 0.2) is 0 Å². The Morgan fingerprint density at radius 3 is 2.48 bits per heavy atom. The van der Waals surface area contributed by atoms with Gasteiger partial charge in [0.1, 0.15) is 0 Å². The highest BCUT2D eigenvalue weighted by molar-refractivity contribution is 5.95. The van der Waals surface area contributed by atoms with Crippen LogP contribution in [0.2, 0.25) is 0 Å². The van der Waals surface area contributed by atoms with Gasteiger partial charge in [0.25, 0.3) is 5.56 Å². The van der Waals surface area contributed by atoms with E-state index < -0.39 is 5.97 Å². The number of H-pyrrole nitrogens is 1. The van der Waals surface area contributed by atoms with E-state index in [0.29, 0.717) is 16.9 Å². The molecule has 0 radical (unpaired) electrons. The molecule has 3 aromatic rings. The molecule has 0 saturated heterocycles. The summed E-state index contributed by atoms with van der Waals surface area (Å²) in [6.45, 7) is 3.75. The quantitative estimate of drug-likeness (QED) is 0.718. The largest absolute Gasteiger partial charge is 0.478 e. The minimum atomic E-state index is -1.06. The fraction of sp³-hybridized carbons (Fsp3) is 0.105. The third kappa shape index (κ3) is 3.28. The molecule has 0 fully saturated rings. The maximum Gasteiger partial charge on any atom is 0.337 e. The second kappa shape index (κ2) is 6.60. The molecule has 2 N–H and O–H groups in total. The van der Waals surface area contributed by atoms with Crippen molar-refractivity contribution in [3.05, 3.63) is 81.3 Å². The number of benzene rings is 2. The van der Waals surface area contributed by atoms with E-state index in [0.717, 1.165) is 11.3 Å². The van der Waals surface area contributed by atoms with Crippen LogP contribution < -0.4 is 5.56 Å². The second-order valence-electron chi connectivity index (χ2n) is 5.71. The van der Waals surface area contributed by atoms with Gasteiger partial charge >= 0.3 is 5.97 Å². The van der Waals surface area contributed by atoms with Crippen LogP contribution in [0, 0.1) is 13.8 Å². The number of aromatic carboxylic acids is 1. The molecule has 3 rings (SSSR count). The minimum absolute atomic E-state index is 0.0887. The summed E-state index contributed by atoms with van der Waals surface area (Å²) in [6.07, 6.45) is 1.40. The van der Waals surface area contributed by atoms with Crippen LogP contribution in [0.15, 0.2) is 58.3 Å². The molecule has 2 aromatic carbocycles. The molecule has 0 unspecified atom stereocenters. The van der Waals surface area contributed by atoms with E-state index in [1.54, 1.807) is 25.1 Å². The third-order valence-electron chi connectivity index (χ3n) is 3.88. The number of aromatic amines is 1. The fourth-order valence-electron chi connectivity index (χ4n) is 2.49. The van der Waals surface area contributed by atoms with Crippen molar-refractivity contribution in [3.8, 4) is 5.69 Å². The molecular formula is C19H17N3O3. The third-order valence-corrected chi connectivity index (χ3v) is 3.88. The van der Waals surface area contributed by atoms with Crippen LogP contribution in [0.5, 0.6) is 0 Å². The highest BCUT2D eigenvalue weighted by atomic mass is 16.4. The van der Waals surface area contributed by atoms with Crippen molar-refractivity contribution in [2.75, 3.05) is 0 Å². The molecule has 0 bridgehead atoms. The van der Waals surface area contributed by atoms with Gasteiger partial charge in [-0.3, -0.25) is 14.9 Å². The molecule has 6 nitrogen and oxygen atoms in total. The van der Waals surface area contributed by atoms with Gasteiger partial charge in [0.2, 0.25) is 0 Å². The van der Waals surface area contributed by atoms with Crippen LogP contribution in [0.4, 0.5) is 5.69 Å². The van der Waals surface area contributed by atoms with Crippen molar-refractivity contribution in [1.82, 2.24) is 9.78 Å². The number of hydrogen-bond acceptors (Lipinski definition) is 3. The topological polar surface area (TPSA) is 87.4 Å². The highest BCUT2D eigenvalue weighted by Gasteiger charge is 2.12. The molecule has 0 atom stereocenters. The van der Waals surface area contributed by atoms with Gasteiger partial charge in [-0.05, 0) is 38.1 Å². The first kappa shape index (κ1) is 16.4. The Morgan fingerprint density at radius 2 is 1.80 bits per heavy atom. The van der Waals surface area contributed by atoms with Gasteiger partial charge in [0.05, 0.1) is 22.5 Å². The molecule has 0 aliphatic rings. The number of nitrogens with one attached hydrogen (secondary N) is 1. The normalized spacial score (nSPS) is 11.1. The van der Waals surface area contributed by atoms with Gasteiger partial charge in [-0.25, -0.2) is 9.48 Å². The Labute approximate surface area is 144 Å². The molecular weight excluding hydrogens is 318 g/mol. The predicted molar refractivity (Wildman–Crippen MR) is 96.5 cm³/mol. The number of rotatable bonds is 4. The lowest BCUT2D eigenvalue weighted by molar-refractivity contribution is 0.0698. The zero-order valence-corrected chi connectivity index (χ0v) is 13.9. The van der Waals surface area contributed by atoms with Crippen molar-refractivity contribution in [3.63, 3.8) is 0 Å². The van der Waals surface area contributed by atoms with Crippen molar-refractivity contribution in [2.45, 2.75) is 13.8 Å². The molecule has 0 aliphatic carbocycles. The van der Waals surface area contributed by atoms with Crippen molar-refractivity contribution >= 4 is 17.9 Å². The van der Waals surface area contributed by atoms with Crippen molar-refractivity contribution in [2.24, 2.45) is 4.99 Å². The summed E-state index contributed by atoms with van der Waals surface area (Å²) < 4.78 is 1.44. The second-order valence-corrected chi connectivity index (χ2v) is 5.71. The molecule has 126 valence electrons. The van der Waals surface area contributed by atoms with Gasteiger partial charge < -0.3 is 5.11 Å². The van der Waals surface area contributed by atoms with E-state index in [1.165, 1.54) is 17.0 Å². The number of para-hydroxylation sites is 1. The molecule has 1 aromatic heterocycles. The molecule has 0 amide bonds. The number of carbonyl (C=O) groups is 1. The van der Waals surface area contributed by atoms with Crippen LogP contribution in [0.25, 0.3) is 5.69 Å². The Bertz CT molecular complexity index is 1010. The zero-order valence-electron chi connectivity index (χ0n) is 13.9. The Morgan fingerprint density at radius 1 is 1.12 bits per heavy atom. The zero-order chi connectivity index (χ0) is 18.0. The lowest BCUT2D eigenvalue weighted by Crippen LogP contribution is -2.17. The molecule has 0 spiro atoms. The van der Waals surface area contributed by atoms with Crippen LogP contribution >= 0.6 is 0 Å². The lowest BCUT2D eigenvalue weighted by Gasteiger charge is -2.01. The standard InChI is InChI=1S/C19H17N3O3/c1-12-7-9-14(10-8-12)22-18(23)16(13(2)21-22)11-20-17-6-4-3-5-15(17)19(24)25/h3-11,21H,1-2H3,(H,24,25). The van der Waals surface area contributed by atoms with E-state index in [-0.39, 0.29) is 11.1 Å². The van der Waals surface area contributed by atoms with Crippen LogP contribution in [0.1, 0.15) is 27.2 Å². The summed E-state index contributed by atoms with van der Waals surface area (Å²) in [6, 6.07) is 14.0. The van der Waals surface area contributed by atoms with Gasteiger partial charge in [-0.1, -0.05) is 29.8 Å². The maximum absolute atomic E-state index is 12.6. The molecule has 1 heterocycles. The first-order valence-corrected chi connectivity index (χ1v) is 7.72. The van der Waals surface area contributed by atoms with E-state index in [1.807, 2.05) is 31.2 Å². The summed E-state index contributed by atoms with van der Waals surface area (Å²) in [5, 5.41) is 12.2. The van der Waals surface area contributed by atoms with Crippen LogP contribution in [0.3, 0.4) is 0 Å². The number of carboxylic acid groups (broad SMARTS) is 1. The smallest absolute Gasteiger partial charge is 0.337 e. The molecule has 0 aliphatic heterocycles. The monoisotopic (exact) mass is 335 g/mol. The fourth-order valence-corrected chi connectivity index (χ4v) is 2.49. The van der Waals surface area contributed by atoms with Crippen LogP contribution in [-0.4, -0.2) is 27.1 Å². The minimum Gasteiger partial charge on any atom is -0.478 e. The molecule has 0 saturated carbocycles. The average Bonchev–Trinajstić information content (AvgIpc) is 2.88. The Balaban J connectivity index is 2.01. The van der Waals surface area contributed by atoms with Crippen molar-refractivity contribution in [1.29, 1.82) is 0 Å². The van der Waals surface area contributed by atoms with Gasteiger partial charge in [-0.2, -0.15) is 0 Å².